The van der Waals surface area contributed by atoms with Gasteiger partial charge in [-0.05, 0) is 18.2 Å². The van der Waals surface area contributed by atoms with E-state index in [1.807, 2.05) is 30.3 Å². The molecule has 0 aliphatic carbocycles. The van der Waals surface area contributed by atoms with Gasteiger partial charge >= 0.3 is 0 Å². The first-order valence-electron chi connectivity index (χ1n) is 5.40. The Labute approximate surface area is 110 Å². The summed E-state index contributed by atoms with van der Waals surface area (Å²) in [5.41, 5.74) is 1.95. The van der Waals surface area contributed by atoms with Crippen LogP contribution in [-0.2, 0) is 0 Å². The molecule has 0 spiro atoms. The minimum atomic E-state index is -0.211. The maximum Gasteiger partial charge on any atom is 0.254 e. The molecule has 2 rings (SSSR count). The van der Waals surface area contributed by atoms with Crippen LogP contribution in [0.2, 0.25) is 5.15 Å². The van der Waals surface area contributed by atoms with Gasteiger partial charge < -0.3 is 10.6 Å². The van der Waals surface area contributed by atoms with Crippen molar-refractivity contribution in [3.63, 3.8) is 0 Å². The van der Waals surface area contributed by atoms with Gasteiger partial charge in [0.2, 0.25) is 0 Å². The lowest BCUT2D eigenvalue weighted by Gasteiger charge is -2.11. The van der Waals surface area contributed by atoms with E-state index in [2.05, 4.69) is 15.6 Å². The number of pyridine rings is 1. The zero-order valence-corrected chi connectivity index (χ0v) is 10.5. The molecule has 0 fully saturated rings. The predicted molar refractivity (Wildman–Crippen MR) is 72.4 cm³/mol. The van der Waals surface area contributed by atoms with Crippen molar-refractivity contribution >= 4 is 28.9 Å². The summed E-state index contributed by atoms with van der Waals surface area (Å²) >= 11 is 5.85. The number of rotatable bonds is 3. The third kappa shape index (κ3) is 2.78. The molecule has 0 aliphatic rings. The lowest BCUT2D eigenvalue weighted by Crippen LogP contribution is -2.19. The van der Waals surface area contributed by atoms with Crippen LogP contribution in [0.3, 0.4) is 0 Å². The second kappa shape index (κ2) is 5.51. The van der Waals surface area contributed by atoms with Gasteiger partial charge in [0.05, 0.1) is 11.3 Å². The molecule has 0 radical (unpaired) electrons. The molecule has 1 heterocycles. The first-order chi connectivity index (χ1) is 8.70. The van der Waals surface area contributed by atoms with Gasteiger partial charge in [0, 0.05) is 18.9 Å². The second-order valence-electron chi connectivity index (χ2n) is 3.62. The van der Waals surface area contributed by atoms with Crippen molar-refractivity contribution in [1.29, 1.82) is 0 Å². The summed E-state index contributed by atoms with van der Waals surface area (Å²) in [5, 5.41) is 6.04. The molecule has 0 bridgehead atoms. The molecule has 92 valence electrons. The summed E-state index contributed by atoms with van der Waals surface area (Å²) in [7, 11) is 1.57. The monoisotopic (exact) mass is 261 g/mol. The second-order valence-corrected chi connectivity index (χ2v) is 4.01. The summed E-state index contributed by atoms with van der Waals surface area (Å²) in [6.45, 7) is 0. The summed E-state index contributed by atoms with van der Waals surface area (Å²) < 4.78 is 0. The Morgan fingerprint density at radius 3 is 2.67 bits per heavy atom. The Morgan fingerprint density at radius 1 is 1.28 bits per heavy atom. The Balaban J connectivity index is 2.36. The van der Waals surface area contributed by atoms with Crippen molar-refractivity contribution in [1.82, 2.24) is 10.3 Å². The van der Waals surface area contributed by atoms with Gasteiger partial charge in [-0.2, -0.15) is 0 Å². The van der Waals surface area contributed by atoms with E-state index in [-0.39, 0.29) is 5.91 Å². The Kier molecular flexibility index (Phi) is 3.79. The van der Waals surface area contributed by atoms with Gasteiger partial charge in [0.25, 0.3) is 5.91 Å². The largest absolute Gasteiger partial charge is 0.355 e. The van der Waals surface area contributed by atoms with Gasteiger partial charge in [-0.25, -0.2) is 4.98 Å². The smallest absolute Gasteiger partial charge is 0.254 e. The van der Waals surface area contributed by atoms with Gasteiger partial charge in [-0.1, -0.05) is 29.8 Å². The number of nitrogens with one attached hydrogen (secondary N) is 2. The van der Waals surface area contributed by atoms with Gasteiger partial charge in [-0.15, -0.1) is 0 Å². The molecule has 0 atom stereocenters. The number of para-hydroxylation sites is 1. The van der Waals surface area contributed by atoms with E-state index >= 15 is 0 Å². The molecule has 0 aliphatic heterocycles. The van der Waals surface area contributed by atoms with Crippen molar-refractivity contribution < 1.29 is 4.79 Å². The van der Waals surface area contributed by atoms with Crippen LogP contribution in [0.1, 0.15) is 10.4 Å². The highest BCUT2D eigenvalue weighted by Crippen LogP contribution is 2.22. The minimum Gasteiger partial charge on any atom is -0.355 e. The molecule has 0 unspecified atom stereocenters. The number of anilines is 2. The average molecular weight is 262 g/mol. The van der Waals surface area contributed by atoms with Crippen molar-refractivity contribution in [3.05, 3.63) is 53.3 Å². The number of hydrogen-bond acceptors (Lipinski definition) is 3. The maximum absolute atomic E-state index is 11.7. The highest BCUT2D eigenvalue weighted by atomic mass is 35.5. The topological polar surface area (TPSA) is 54.0 Å². The maximum atomic E-state index is 11.7. The Morgan fingerprint density at radius 2 is 2.00 bits per heavy atom. The minimum absolute atomic E-state index is 0.211. The van der Waals surface area contributed by atoms with E-state index in [0.29, 0.717) is 16.4 Å². The molecular weight excluding hydrogens is 250 g/mol. The molecule has 18 heavy (non-hydrogen) atoms. The fraction of sp³-hybridized carbons (Fsp3) is 0.0769. The van der Waals surface area contributed by atoms with E-state index in [1.54, 1.807) is 13.1 Å². The summed E-state index contributed by atoms with van der Waals surface area (Å²) in [5.74, 6) is -0.211. The predicted octanol–water partition coefficient (Wildman–Crippen LogP) is 2.84. The molecule has 5 heteroatoms. The number of carbonyl (C=O) groups excluding carboxylic acids is 1. The molecular formula is C13H12ClN3O. The highest BCUT2D eigenvalue weighted by molar-refractivity contribution is 6.29. The number of nitrogens with zero attached hydrogens (tertiary/aromatic N) is 1. The zero-order valence-electron chi connectivity index (χ0n) is 9.77. The van der Waals surface area contributed by atoms with Crippen molar-refractivity contribution in [3.8, 4) is 0 Å². The quantitative estimate of drug-likeness (QED) is 0.836. The number of hydrogen-bond donors (Lipinski definition) is 2. The first kappa shape index (κ1) is 12.4. The van der Waals surface area contributed by atoms with Crippen LogP contribution >= 0.6 is 11.6 Å². The van der Waals surface area contributed by atoms with E-state index < -0.39 is 0 Å². The molecule has 2 aromatic rings. The van der Waals surface area contributed by atoms with Crippen LogP contribution in [0.15, 0.2) is 42.6 Å². The molecule has 1 aromatic carbocycles. The molecule has 4 nitrogen and oxygen atoms in total. The lowest BCUT2D eigenvalue weighted by molar-refractivity contribution is 0.0963. The van der Waals surface area contributed by atoms with Crippen molar-refractivity contribution in [2.24, 2.45) is 0 Å². The first-order valence-corrected chi connectivity index (χ1v) is 5.78. The number of aromatic nitrogens is 1. The van der Waals surface area contributed by atoms with Crippen LogP contribution in [0.5, 0.6) is 0 Å². The van der Waals surface area contributed by atoms with Crippen LogP contribution in [0.4, 0.5) is 11.4 Å². The van der Waals surface area contributed by atoms with Crippen molar-refractivity contribution in [2.75, 3.05) is 12.4 Å². The van der Waals surface area contributed by atoms with Crippen molar-refractivity contribution in [2.45, 2.75) is 0 Å². The van der Waals surface area contributed by atoms with Crippen LogP contribution < -0.4 is 10.6 Å². The van der Waals surface area contributed by atoms with Gasteiger partial charge in [0.15, 0.2) is 0 Å². The molecule has 1 amide bonds. The van der Waals surface area contributed by atoms with E-state index in [9.17, 15) is 4.79 Å². The third-order valence-corrected chi connectivity index (χ3v) is 2.60. The highest BCUT2D eigenvalue weighted by Gasteiger charge is 2.11. The standard InChI is InChI=1S/C13H12ClN3O/c1-15-13(18)10-8-16-12(14)7-11(10)17-9-5-3-2-4-6-9/h2-8H,1H3,(H,15,18)(H,16,17). The number of amides is 1. The van der Waals surface area contributed by atoms with E-state index in [4.69, 9.17) is 11.6 Å². The normalized spacial score (nSPS) is 9.89. The SMILES string of the molecule is CNC(=O)c1cnc(Cl)cc1Nc1ccccc1. The van der Waals surface area contributed by atoms with Gasteiger partial charge in [-0.3, -0.25) is 4.79 Å². The van der Waals surface area contributed by atoms with Crippen LogP contribution in [-0.4, -0.2) is 17.9 Å². The molecule has 0 saturated heterocycles. The summed E-state index contributed by atoms with van der Waals surface area (Å²) in [6.07, 6.45) is 1.45. The lowest BCUT2D eigenvalue weighted by atomic mass is 10.2. The Bertz CT molecular complexity index is 557. The molecule has 2 N–H and O–H groups in total. The summed E-state index contributed by atoms with van der Waals surface area (Å²) in [6, 6.07) is 11.2. The number of benzene rings is 1. The number of carbonyl (C=O) groups is 1. The average Bonchev–Trinajstić information content (AvgIpc) is 2.39. The fourth-order valence-electron chi connectivity index (χ4n) is 1.53. The third-order valence-electron chi connectivity index (χ3n) is 2.40. The van der Waals surface area contributed by atoms with Crippen LogP contribution in [0, 0.1) is 0 Å². The number of halogens is 1. The summed E-state index contributed by atoms with van der Waals surface area (Å²) in [4.78, 5) is 15.6. The molecule has 0 saturated carbocycles. The van der Waals surface area contributed by atoms with E-state index in [1.165, 1.54) is 6.20 Å². The van der Waals surface area contributed by atoms with Gasteiger partial charge in [0.1, 0.15) is 5.15 Å². The zero-order chi connectivity index (χ0) is 13.0. The van der Waals surface area contributed by atoms with Crippen LogP contribution in [0.25, 0.3) is 0 Å². The molecule has 1 aromatic heterocycles. The van der Waals surface area contributed by atoms with E-state index in [0.717, 1.165) is 5.69 Å². The Hall–Kier alpha value is -2.07. The fourth-order valence-corrected chi connectivity index (χ4v) is 1.68.